The third-order valence-electron chi connectivity index (χ3n) is 2.13. The molecule has 0 unspecified atom stereocenters. The van der Waals surface area contributed by atoms with Gasteiger partial charge in [0.25, 0.3) is 0 Å². The summed E-state index contributed by atoms with van der Waals surface area (Å²) in [6.45, 7) is 2.88. The molecule has 3 nitrogen and oxygen atoms in total. The molecule has 1 aromatic heterocycles. The third-order valence-corrected chi connectivity index (χ3v) is 2.66. The van der Waals surface area contributed by atoms with E-state index in [0.717, 1.165) is 28.1 Å². The minimum absolute atomic E-state index is 0.808. The number of nitrogens with zero attached hydrogens (tertiary/aromatic N) is 2. The molecule has 0 fully saturated rings. The highest BCUT2D eigenvalue weighted by molar-refractivity contribution is 9.10. The van der Waals surface area contributed by atoms with Gasteiger partial charge in [-0.15, -0.1) is 0 Å². The summed E-state index contributed by atoms with van der Waals surface area (Å²) in [6.07, 6.45) is 3.50. The van der Waals surface area contributed by atoms with Crippen LogP contribution in [0.25, 0.3) is 11.3 Å². The normalized spacial score (nSPS) is 10.1. The molecule has 1 heterocycles. The maximum Gasteiger partial charge on any atom is 0.145 e. The fourth-order valence-corrected chi connectivity index (χ4v) is 1.66. The van der Waals surface area contributed by atoms with Crippen LogP contribution in [0.3, 0.4) is 0 Å². The van der Waals surface area contributed by atoms with E-state index in [1.165, 1.54) is 0 Å². The highest BCUT2D eigenvalue weighted by Gasteiger charge is 2.01. The number of hydrogen-bond acceptors (Lipinski definition) is 3. The molecule has 1 aromatic carbocycles. The van der Waals surface area contributed by atoms with Crippen molar-refractivity contribution in [2.45, 2.75) is 6.92 Å². The number of hydrogen-bond donors (Lipinski definition) is 1. The van der Waals surface area contributed by atoms with Gasteiger partial charge in [-0.2, -0.15) is 0 Å². The molecule has 0 saturated heterocycles. The zero-order valence-electron chi connectivity index (χ0n) is 8.94. The second-order valence-corrected chi connectivity index (χ2v) is 4.24. The fraction of sp³-hybridized carbons (Fsp3) is 0.167. The number of rotatable bonds is 3. The van der Waals surface area contributed by atoms with E-state index in [0.29, 0.717) is 0 Å². The molecular formula is C12H12BrN3. The first-order chi connectivity index (χ1) is 7.79. The molecule has 2 rings (SSSR count). The van der Waals surface area contributed by atoms with Gasteiger partial charge >= 0.3 is 0 Å². The Morgan fingerprint density at radius 2 is 1.94 bits per heavy atom. The van der Waals surface area contributed by atoms with Crippen LogP contribution in [-0.4, -0.2) is 16.5 Å². The smallest absolute Gasteiger partial charge is 0.145 e. The van der Waals surface area contributed by atoms with Gasteiger partial charge in [-0.3, -0.25) is 4.98 Å². The first kappa shape index (κ1) is 11.1. The molecule has 0 saturated carbocycles. The zero-order chi connectivity index (χ0) is 11.4. The average molecular weight is 278 g/mol. The van der Waals surface area contributed by atoms with Gasteiger partial charge in [-0.05, 0) is 19.1 Å². The molecule has 0 aliphatic heterocycles. The molecular weight excluding hydrogens is 266 g/mol. The summed E-state index contributed by atoms with van der Waals surface area (Å²) in [4.78, 5) is 8.64. The van der Waals surface area contributed by atoms with Crippen LogP contribution in [0.5, 0.6) is 0 Å². The van der Waals surface area contributed by atoms with Crippen molar-refractivity contribution in [2.24, 2.45) is 0 Å². The fourth-order valence-electron chi connectivity index (χ4n) is 1.39. The van der Waals surface area contributed by atoms with Crippen LogP contribution in [-0.2, 0) is 0 Å². The van der Waals surface area contributed by atoms with Gasteiger partial charge in [-0.25, -0.2) is 4.98 Å². The zero-order valence-corrected chi connectivity index (χ0v) is 10.5. The van der Waals surface area contributed by atoms with Crippen LogP contribution in [0.1, 0.15) is 6.92 Å². The first-order valence-electron chi connectivity index (χ1n) is 5.11. The summed E-state index contributed by atoms with van der Waals surface area (Å²) in [5.41, 5.74) is 1.95. The summed E-state index contributed by atoms with van der Waals surface area (Å²) in [6, 6.07) is 8.03. The number of aromatic nitrogens is 2. The topological polar surface area (TPSA) is 37.8 Å². The maximum absolute atomic E-state index is 4.47. The van der Waals surface area contributed by atoms with Crippen LogP contribution >= 0.6 is 15.9 Å². The summed E-state index contributed by atoms with van der Waals surface area (Å²) < 4.78 is 1.06. The van der Waals surface area contributed by atoms with Crippen molar-refractivity contribution in [3.05, 3.63) is 41.1 Å². The molecule has 0 aliphatic rings. The number of benzene rings is 1. The van der Waals surface area contributed by atoms with E-state index in [-0.39, 0.29) is 0 Å². The molecule has 0 radical (unpaired) electrons. The highest BCUT2D eigenvalue weighted by Crippen LogP contribution is 2.20. The Labute approximate surface area is 103 Å². The quantitative estimate of drug-likeness (QED) is 0.935. The van der Waals surface area contributed by atoms with Crippen molar-refractivity contribution in [1.82, 2.24) is 9.97 Å². The van der Waals surface area contributed by atoms with Crippen molar-refractivity contribution < 1.29 is 0 Å². The Morgan fingerprint density at radius 3 is 2.62 bits per heavy atom. The largest absolute Gasteiger partial charge is 0.369 e. The maximum atomic E-state index is 4.47. The van der Waals surface area contributed by atoms with Crippen LogP contribution in [0.2, 0.25) is 0 Å². The Hall–Kier alpha value is -1.42. The van der Waals surface area contributed by atoms with E-state index in [1.807, 2.05) is 31.2 Å². The van der Waals surface area contributed by atoms with E-state index < -0.39 is 0 Å². The minimum Gasteiger partial charge on any atom is -0.369 e. The lowest BCUT2D eigenvalue weighted by Gasteiger charge is -2.04. The lowest BCUT2D eigenvalue weighted by Crippen LogP contribution is -2.00. The highest BCUT2D eigenvalue weighted by atomic mass is 79.9. The Balaban J connectivity index is 2.32. The number of halogens is 1. The summed E-state index contributed by atoms with van der Waals surface area (Å²) in [7, 11) is 0. The predicted octanol–water partition coefficient (Wildman–Crippen LogP) is 3.34. The van der Waals surface area contributed by atoms with Gasteiger partial charge in [0.05, 0.1) is 18.1 Å². The molecule has 82 valence electrons. The Bertz CT molecular complexity index is 468. The van der Waals surface area contributed by atoms with Crippen LogP contribution in [0, 0.1) is 0 Å². The molecule has 16 heavy (non-hydrogen) atoms. The van der Waals surface area contributed by atoms with Crippen molar-refractivity contribution in [2.75, 3.05) is 11.9 Å². The first-order valence-corrected chi connectivity index (χ1v) is 5.90. The predicted molar refractivity (Wildman–Crippen MR) is 69.3 cm³/mol. The molecule has 2 aromatic rings. The third kappa shape index (κ3) is 2.58. The van der Waals surface area contributed by atoms with Gasteiger partial charge in [0.15, 0.2) is 0 Å². The van der Waals surface area contributed by atoms with Gasteiger partial charge in [0.1, 0.15) is 5.82 Å². The van der Waals surface area contributed by atoms with E-state index >= 15 is 0 Å². The number of nitrogens with one attached hydrogen (secondary N) is 1. The summed E-state index contributed by atoms with van der Waals surface area (Å²) >= 11 is 3.41. The lowest BCUT2D eigenvalue weighted by atomic mass is 10.2. The summed E-state index contributed by atoms with van der Waals surface area (Å²) in [5.74, 6) is 0.808. The molecule has 0 atom stereocenters. The average Bonchev–Trinajstić information content (AvgIpc) is 2.31. The van der Waals surface area contributed by atoms with Crippen molar-refractivity contribution in [3.63, 3.8) is 0 Å². The SMILES string of the molecule is CCNc1cncc(-c2ccc(Br)cc2)n1. The Kier molecular flexibility index (Phi) is 3.51. The molecule has 0 amide bonds. The van der Waals surface area contributed by atoms with E-state index in [4.69, 9.17) is 0 Å². The minimum atomic E-state index is 0.808. The molecule has 0 bridgehead atoms. The molecule has 4 heteroatoms. The molecule has 0 spiro atoms. The number of anilines is 1. The van der Waals surface area contributed by atoms with Gasteiger partial charge < -0.3 is 5.32 Å². The standard InChI is InChI=1S/C12H12BrN3/c1-2-15-12-8-14-7-11(16-12)9-3-5-10(13)6-4-9/h3-8H,2H2,1H3,(H,15,16). The van der Waals surface area contributed by atoms with Gasteiger partial charge in [0, 0.05) is 16.6 Å². The summed E-state index contributed by atoms with van der Waals surface area (Å²) in [5, 5.41) is 3.15. The van der Waals surface area contributed by atoms with Crippen LogP contribution in [0.15, 0.2) is 41.1 Å². The second-order valence-electron chi connectivity index (χ2n) is 3.33. The van der Waals surface area contributed by atoms with Crippen molar-refractivity contribution >= 4 is 21.7 Å². The van der Waals surface area contributed by atoms with E-state index in [9.17, 15) is 0 Å². The van der Waals surface area contributed by atoms with E-state index in [1.54, 1.807) is 12.4 Å². The molecule has 0 aliphatic carbocycles. The molecule has 1 N–H and O–H groups in total. The lowest BCUT2D eigenvalue weighted by molar-refractivity contribution is 1.12. The van der Waals surface area contributed by atoms with Crippen molar-refractivity contribution in [1.29, 1.82) is 0 Å². The Morgan fingerprint density at radius 1 is 1.19 bits per heavy atom. The van der Waals surface area contributed by atoms with Gasteiger partial charge in [0.2, 0.25) is 0 Å². The van der Waals surface area contributed by atoms with Gasteiger partial charge in [-0.1, -0.05) is 28.1 Å². The van der Waals surface area contributed by atoms with Crippen molar-refractivity contribution in [3.8, 4) is 11.3 Å². The second kappa shape index (κ2) is 5.07. The monoisotopic (exact) mass is 277 g/mol. The van der Waals surface area contributed by atoms with Crippen LogP contribution < -0.4 is 5.32 Å². The van der Waals surface area contributed by atoms with E-state index in [2.05, 4.69) is 31.2 Å². The van der Waals surface area contributed by atoms with Crippen LogP contribution in [0.4, 0.5) is 5.82 Å².